The number of nitrogens with one attached hydrogen (secondary N) is 1. The third-order valence-electron chi connectivity index (χ3n) is 6.57. The highest BCUT2D eigenvalue weighted by Gasteiger charge is 2.45. The summed E-state index contributed by atoms with van der Waals surface area (Å²) in [5.74, 6) is 0.567. The Kier molecular flexibility index (Phi) is 8.13. The molecule has 2 aromatic heterocycles. The highest BCUT2D eigenvalue weighted by atomic mass is 16.6. The molecular formula is C29H36N6O5. The Hall–Kier alpha value is -4.41. The Balaban J connectivity index is 1.59. The van der Waals surface area contributed by atoms with Gasteiger partial charge in [0, 0.05) is 32.2 Å². The average Bonchev–Trinajstić information content (AvgIpc) is 3.32. The van der Waals surface area contributed by atoms with Crippen LogP contribution in [0.4, 0.5) is 16.6 Å². The minimum atomic E-state index is -0.710. The molecule has 212 valence electrons. The summed E-state index contributed by atoms with van der Waals surface area (Å²) in [5, 5.41) is 2.74. The largest absolute Gasteiger partial charge is 0.497 e. The molecule has 1 saturated heterocycles. The molecule has 1 N–H and O–H groups in total. The van der Waals surface area contributed by atoms with Gasteiger partial charge in [0.15, 0.2) is 0 Å². The van der Waals surface area contributed by atoms with Gasteiger partial charge >= 0.3 is 6.09 Å². The van der Waals surface area contributed by atoms with Crippen LogP contribution < -0.4 is 19.9 Å². The Bertz CT molecular complexity index is 1390. The van der Waals surface area contributed by atoms with Crippen molar-refractivity contribution in [3.05, 3.63) is 65.6 Å². The zero-order valence-electron chi connectivity index (χ0n) is 24.0. The number of ether oxygens (including phenoxy) is 2. The first-order chi connectivity index (χ1) is 18.9. The highest BCUT2D eigenvalue weighted by Crippen LogP contribution is 2.27. The molecule has 0 saturated carbocycles. The van der Waals surface area contributed by atoms with Crippen LogP contribution in [-0.4, -0.2) is 58.2 Å². The molecule has 3 heterocycles. The van der Waals surface area contributed by atoms with Gasteiger partial charge in [-0.2, -0.15) is 0 Å². The lowest BCUT2D eigenvalue weighted by Gasteiger charge is -2.37. The van der Waals surface area contributed by atoms with Gasteiger partial charge in [0.1, 0.15) is 23.2 Å². The number of anilines is 2. The number of methoxy groups -OCH3 is 1. The molecule has 3 amide bonds. The van der Waals surface area contributed by atoms with Crippen LogP contribution in [0.15, 0.2) is 48.8 Å². The fourth-order valence-electron chi connectivity index (χ4n) is 4.55. The number of nitrogens with zero attached hydrogens (tertiary/aromatic N) is 5. The van der Waals surface area contributed by atoms with E-state index in [9.17, 15) is 14.4 Å². The van der Waals surface area contributed by atoms with Gasteiger partial charge in [-0.15, -0.1) is 0 Å². The number of benzene rings is 1. The first-order valence-electron chi connectivity index (χ1n) is 13.0. The molecule has 11 nitrogen and oxygen atoms in total. The zero-order valence-corrected chi connectivity index (χ0v) is 24.0. The van der Waals surface area contributed by atoms with Crippen molar-refractivity contribution in [2.24, 2.45) is 13.0 Å². The summed E-state index contributed by atoms with van der Waals surface area (Å²) in [7, 11) is 5.03. The lowest BCUT2D eigenvalue weighted by Crippen LogP contribution is -2.65. The normalized spacial score (nSPS) is 16.5. The number of aromatic nitrogens is 3. The minimum absolute atomic E-state index is 0.204. The maximum absolute atomic E-state index is 13.3. The standard InChI is InChI=1S/C29H36N6O5/c1-18-14-20(15-22-24(32-25(22)36)26(37)34(6)27-30-12-13-33(27)5)16-23(31-18)35(28(38)40-29(2,3)4)17-19-8-10-21(39-7)11-9-19/h8-14,16,22,24H,15,17H2,1-7H3,(H,32,36)/t22-,24+/m1/s1. The predicted molar refractivity (Wildman–Crippen MR) is 150 cm³/mol. The van der Waals surface area contributed by atoms with Crippen molar-refractivity contribution in [1.82, 2.24) is 19.9 Å². The van der Waals surface area contributed by atoms with Gasteiger partial charge in [-0.3, -0.25) is 19.4 Å². The van der Waals surface area contributed by atoms with Crippen molar-refractivity contribution >= 4 is 29.7 Å². The predicted octanol–water partition coefficient (Wildman–Crippen LogP) is 3.39. The van der Waals surface area contributed by atoms with Crippen LogP contribution in [0.3, 0.4) is 0 Å². The van der Waals surface area contributed by atoms with Gasteiger partial charge in [-0.25, -0.2) is 14.8 Å². The number of carbonyl (C=O) groups is 3. The van der Waals surface area contributed by atoms with E-state index in [-0.39, 0.29) is 18.4 Å². The molecule has 0 aliphatic carbocycles. The number of amides is 3. The van der Waals surface area contributed by atoms with Crippen LogP contribution in [0, 0.1) is 12.8 Å². The van der Waals surface area contributed by atoms with E-state index >= 15 is 0 Å². The molecule has 11 heteroatoms. The summed E-state index contributed by atoms with van der Waals surface area (Å²) in [4.78, 5) is 50.9. The molecule has 4 rings (SSSR count). The molecule has 0 bridgehead atoms. The van der Waals surface area contributed by atoms with E-state index in [1.807, 2.05) is 37.3 Å². The summed E-state index contributed by atoms with van der Waals surface area (Å²) in [5.41, 5.74) is 1.60. The lowest BCUT2D eigenvalue weighted by molar-refractivity contribution is -0.142. The fraction of sp³-hybridized carbons (Fsp3) is 0.414. The molecule has 1 aromatic carbocycles. The van der Waals surface area contributed by atoms with E-state index in [4.69, 9.17) is 9.47 Å². The summed E-state index contributed by atoms with van der Waals surface area (Å²) in [6.45, 7) is 7.46. The number of hydrogen-bond acceptors (Lipinski definition) is 7. The highest BCUT2D eigenvalue weighted by molar-refractivity contribution is 6.05. The van der Waals surface area contributed by atoms with Crippen LogP contribution in [-0.2, 0) is 34.3 Å². The van der Waals surface area contributed by atoms with Crippen molar-refractivity contribution in [2.45, 2.75) is 52.3 Å². The average molecular weight is 549 g/mol. The van der Waals surface area contributed by atoms with E-state index in [0.717, 1.165) is 11.1 Å². The second-order valence-electron chi connectivity index (χ2n) is 10.9. The van der Waals surface area contributed by atoms with Gasteiger partial charge in [0.2, 0.25) is 11.9 Å². The number of carbonyl (C=O) groups excluding carboxylic acids is 3. The van der Waals surface area contributed by atoms with Crippen LogP contribution in [0.2, 0.25) is 0 Å². The SMILES string of the molecule is COc1ccc(CN(C(=O)OC(C)(C)C)c2cc(C[C@H]3C(=O)N[C@@H]3C(=O)N(C)c3nccn3C)cc(C)n2)cc1. The Morgan fingerprint density at radius 3 is 2.40 bits per heavy atom. The molecule has 1 aliphatic heterocycles. The Morgan fingerprint density at radius 1 is 1.12 bits per heavy atom. The maximum atomic E-state index is 13.3. The summed E-state index contributed by atoms with van der Waals surface area (Å²) in [6.07, 6.45) is 3.12. The van der Waals surface area contributed by atoms with E-state index in [0.29, 0.717) is 29.6 Å². The molecule has 1 fully saturated rings. The summed E-state index contributed by atoms with van der Waals surface area (Å²) in [6, 6.07) is 10.3. The smallest absolute Gasteiger partial charge is 0.416 e. The van der Waals surface area contributed by atoms with Crippen molar-refractivity contribution < 1.29 is 23.9 Å². The van der Waals surface area contributed by atoms with Gasteiger partial charge < -0.3 is 19.4 Å². The first-order valence-corrected chi connectivity index (χ1v) is 13.0. The second-order valence-corrected chi connectivity index (χ2v) is 10.9. The molecule has 40 heavy (non-hydrogen) atoms. The fourth-order valence-corrected chi connectivity index (χ4v) is 4.55. The van der Waals surface area contributed by atoms with E-state index in [2.05, 4.69) is 15.3 Å². The molecule has 0 radical (unpaired) electrons. The third-order valence-corrected chi connectivity index (χ3v) is 6.57. The quantitative estimate of drug-likeness (QED) is 0.429. The third kappa shape index (κ3) is 6.41. The van der Waals surface area contributed by atoms with Crippen molar-refractivity contribution in [3.63, 3.8) is 0 Å². The zero-order chi connectivity index (χ0) is 29.2. The second kappa shape index (κ2) is 11.4. The summed E-state index contributed by atoms with van der Waals surface area (Å²) < 4.78 is 12.7. The Labute approximate surface area is 234 Å². The molecule has 0 unspecified atom stereocenters. The Morgan fingerprint density at radius 2 is 1.82 bits per heavy atom. The minimum Gasteiger partial charge on any atom is -0.497 e. The van der Waals surface area contributed by atoms with Gasteiger partial charge in [0.05, 0.1) is 19.6 Å². The van der Waals surface area contributed by atoms with Crippen LogP contribution in [0.5, 0.6) is 5.75 Å². The van der Waals surface area contributed by atoms with Crippen molar-refractivity contribution in [1.29, 1.82) is 0 Å². The van der Waals surface area contributed by atoms with Crippen molar-refractivity contribution in [3.8, 4) is 5.75 Å². The van der Waals surface area contributed by atoms with E-state index < -0.39 is 23.7 Å². The molecule has 0 spiro atoms. The van der Waals surface area contributed by atoms with E-state index in [1.54, 1.807) is 65.0 Å². The van der Waals surface area contributed by atoms with E-state index in [1.165, 1.54) is 9.80 Å². The van der Waals surface area contributed by atoms with Gasteiger partial charge in [-0.1, -0.05) is 12.1 Å². The van der Waals surface area contributed by atoms with Gasteiger partial charge in [0.25, 0.3) is 5.91 Å². The summed E-state index contributed by atoms with van der Waals surface area (Å²) >= 11 is 0. The lowest BCUT2D eigenvalue weighted by atomic mass is 9.84. The molecule has 1 aliphatic rings. The number of likely N-dealkylation sites (N-methyl/N-ethyl adjacent to an activating group) is 1. The van der Waals surface area contributed by atoms with Crippen LogP contribution in [0.25, 0.3) is 0 Å². The number of pyridine rings is 1. The van der Waals surface area contributed by atoms with Crippen molar-refractivity contribution in [2.75, 3.05) is 24.0 Å². The monoisotopic (exact) mass is 548 g/mol. The number of hydrogen-bond donors (Lipinski definition) is 1. The van der Waals surface area contributed by atoms with Crippen LogP contribution >= 0.6 is 0 Å². The number of imidazole rings is 1. The maximum Gasteiger partial charge on any atom is 0.416 e. The first kappa shape index (κ1) is 28.6. The number of β-lactam (4-membered cyclic amide) rings is 1. The topological polar surface area (TPSA) is 119 Å². The molecular weight excluding hydrogens is 512 g/mol. The number of rotatable bonds is 8. The van der Waals surface area contributed by atoms with Gasteiger partial charge in [-0.05, 0) is 69.5 Å². The number of aryl methyl sites for hydroxylation is 2. The molecule has 2 atom stereocenters. The molecule has 3 aromatic rings. The van der Waals surface area contributed by atoms with Crippen LogP contribution in [0.1, 0.15) is 37.6 Å².